The van der Waals surface area contributed by atoms with E-state index in [0.29, 0.717) is 12.1 Å². The van der Waals surface area contributed by atoms with E-state index in [1.165, 1.54) is 6.08 Å². The minimum absolute atomic E-state index is 0.129. The highest BCUT2D eigenvalue weighted by Crippen LogP contribution is 2.16. The lowest BCUT2D eigenvalue weighted by Crippen LogP contribution is -2.20. The van der Waals surface area contributed by atoms with Crippen LogP contribution in [0.15, 0.2) is 54.6 Å². The van der Waals surface area contributed by atoms with Crippen molar-refractivity contribution in [3.63, 3.8) is 0 Å². The van der Waals surface area contributed by atoms with Crippen molar-refractivity contribution in [1.82, 2.24) is 5.32 Å². The van der Waals surface area contributed by atoms with Gasteiger partial charge < -0.3 is 15.5 Å². The van der Waals surface area contributed by atoms with Crippen LogP contribution in [0.4, 0.5) is 0 Å². The molecule has 0 aromatic heterocycles. The van der Waals surface area contributed by atoms with Gasteiger partial charge in [-0.1, -0.05) is 30.3 Å². The van der Waals surface area contributed by atoms with E-state index in [1.807, 2.05) is 6.07 Å². The van der Waals surface area contributed by atoms with Crippen molar-refractivity contribution in [1.29, 1.82) is 0 Å². The Hall–Kier alpha value is -2.75. The molecule has 0 saturated heterocycles. The average Bonchev–Trinajstić information content (AvgIpc) is 2.44. The first-order chi connectivity index (χ1) is 9.65. The molecule has 0 unspecified atom stereocenters. The van der Waals surface area contributed by atoms with E-state index in [9.17, 15) is 15.0 Å². The second kappa shape index (κ2) is 6.43. The van der Waals surface area contributed by atoms with Crippen LogP contribution in [-0.4, -0.2) is 16.1 Å². The summed E-state index contributed by atoms with van der Waals surface area (Å²) in [5, 5.41) is 21.6. The number of phenolic OH excluding ortho intramolecular Hbond substituents is 2. The van der Waals surface area contributed by atoms with Crippen molar-refractivity contribution >= 4 is 12.0 Å². The number of benzene rings is 2. The number of carbonyl (C=O) groups is 1. The molecule has 0 saturated carbocycles. The average molecular weight is 269 g/mol. The van der Waals surface area contributed by atoms with Gasteiger partial charge in [0.25, 0.3) is 0 Å². The molecule has 0 aliphatic carbocycles. The van der Waals surface area contributed by atoms with Gasteiger partial charge in [-0.15, -0.1) is 0 Å². The number of phenols is 2. The van der Waals surface area contributed by atoms with Gasteiger partial charge in [0.15, 0.2) is 0 Å². The van der Waals surface area contributed by atoms with Gasteiger partial charge >= 0.3 is 0 Å². The molecule has 0 atom stereocenters. The first kappa shape index (κ1) is 13.7. The molecule has 2 aromatic rings. The van der Waals surface area contributed by atoms with Crippen LogP contribution in [0.25, 0.3) is 6.08 Å². The van der Waals surface area contributed by atoms with E-state index in [4.69, 9.17) is 0 Å². The maximum Gasteiger partial charge on any atom is 0.244 e. The molecule has 2 aromatic carbocycles. The minimum atomic E-state index is -0.267. The number of nitrogens with one attached hydrogen (secondary N) is 1. The van der Waals surface area contributed by atoms with Crippen LogP contribution in [0.1, 0.15) is 11.1 Å². The van der Waals surface area contributed by atoms with E-state index in [2.05, 4.69) is 5.32 Å². The van der Waals surface area contributed by atoms with Crippen LogP contribution in [0.3, 0.4) is 0 Å². The van der Waals surface area contributed by atoms with Gasteiger partial charge in [-0.3, -0.25) is 4.79 Å². The zero-order valence-electron chi connectivity index (χ0n) is 10.8. The van der Waals surface area contributed by atoms with Crippen LogP contribution in [0, 0.1) is 0 Å². The van der Waals surface area contributed by atoms with Crippen LogP contribution in [0.5, 0.6) is 11.5 Å². The lowest BCUT2D eigenvalue weighted by atomic mass is 10.2. The Balaban J connectivity index is 1.91. The van der Waals surface area contributed by atoms with Crippen molar-refractivity contribution in [3.05, 3.63) is 65.7 Å². The summed E-state index contributed by atoms with van der Waals surface area (Å²) in [5.41, 5.74) is 1.40. The van der Waals surface area contributed by atoms with E-state index >= 15 is 0 Å². The maximum atomic E-state index is 11.6. The van der Waals surface area contributed by atoms with Crippen molar-refractivity contribution < 1.29 is 15.0 Å². The second-order valence-corrected chi connectivity index (χ2v) is 4.28. The summed E-state index contributed by atoms with van der Waals surface area (Å²) in [6.45, 7) is 0.332. The fourth-order valence-electron chi connectivity index (χ4n) is 1.71. The fraction of sp³-hybridized carbons (Fsp3) is 0.0625. The van der Waals surface area contributed by atoms with Crippen LogP contribution in [-0.2, 0) is 11.3 Å². The number of amides is 1. The molecule has 1 amide bonds. The molecule has 0 heterocycles. The summed E-state index contributed by atoms with van der Waals surface area (Å²) in [6, 6.07) is 13.5. The Morgan fingerprint density at radius 3 is 2.65 bits per heavy atom. The number of aromatic hydroxyl groups is 2. The molecule has 0 radical (unpaired) electrons. The minimum Gasteiger partial charge on any atom is -0.508 e. The third-order valence-corrected chi connectivity index (χ3v) is 2.73. The SMILES string of the molecule is O=C(/C=C/c1ccccc1O)NCc1cccc(O)c1. The summed E-state index contributed by atoms with van der Waals surface area (Å²) in [4.78, 5) is 11.6. The first-order valence-electron chi connectivity index (χ1n) is 6.17. The lowest BCUT2D eigenvalue weighted by Gasteiger charge is -2.03. The third kappa shape index (κ3) is 3.88. The van der Waals surface area contributed by atoms with Gasteiger partial charge in [-0.2, -0.15) is 0 Å². The van der Waals surface area contributed by atoms with Gasteiger partial charge in [0.2, 0.25) is 5.91 Å². The molecule has 0 aliphatic heterocycles. The maximum absolute atomic E-state index is 11.6. The highest BCUT2D eigenvalue weighted by molar-refractivity contribution is 5.92. The molecule has 0 spiro atoms. The Morgan fingerprint density at radius 2 is 1.90 bits per heavy atom. The Bertz CT molecular complexity index is 635. The molecule has 4 nitrogen and oxygen atoms in total. The lowest BCUT2D eigenvalue weighted by molar-refractivity contribution is -0.116. The molecule has 0 bridgehead atoms. The van der Waals surface area contributed by atoms with Crippen molar-refractivity contribution in [2.24, 2.45) is 0 Å². The summed E-state index contributed by atoms with van der Waals surface area (Å²) in [7, 11) is 0. The zero-order valence-corrected chi connectivity index (χ0v) is 10.8. The van der Waals surface area contributed by atoms with Gasteiger partial charge in [0, 0.05) is 18.2 Å². The van der Waals surface area contributed by atoms with E-state index in [-0.39, 0.29) is 17.4 Å². The molecular formula is C16H15NO3. The molecule has 102 valence electrons. The smallest absolute Gasteiger partial charge is 0.244 e. The van der Waals surface area contributed by atoms with Crippen molar-refractivity contribution in [3.8, 4) is 11.5 Å². The number of hydrogen-bond donors (Lipinski definition) is 3. The standard InChI is InChI=1S/C16H15NO3/c18-14-6-3-4-12(10-14)11-17-16(20)9-8-13-5-1-2-7-15(13)19/h1-10,18-19H,11H2,(H,17,20)/b9-8+. The predicted molar refractivity (Wildman–Crippen MR) is 77.1 cm³/mol. The van der Waals surface area contributed by atoms with Gasteiger partial charge in [0.05, 0.1) is 0 Å². The topological polar surface area (TPSA) is 69.6 Å². The fourth-order valence-corrected chi connectivity index (χ4v) is 1.71. The summed E-state index contributed by atoms with van der Waals surface area (Å²) in [6.07, 6.45) is 2.91. The highest BCUT2D eigenvalue weighted by atomic mass is 16.3. The van der Waals surface area contributed by atoms with Crippen molar-refractivity contribution in [2.75, 3.05) is 0 Å². The third-order valence-electron chi connectivity index (χ3n) is 2.73. The highest BCUT2D eigenvalue weighted by Gasteiger charge is 1.99. The Morgan fingerprint density at radius 1 is 1.10 bits per heavy atom. The Labute approximate surface area is 117 Å². The number of rotatable bonds is 4. The van der Waals surface area contributed by atoms with E-state index in [1.54, 1.807) is 48.5 Å². The molecule has 2 rings (SSSR count). The van der Waals surface area contributed by atoms with Gasteiger partial charge in [-0.25, -0.2) is 0 Å². The monoisotopic (exact) mass is 269 g/mol. The summed E-state index contributed by atoms with van der Waals surface area (Å²) >= 11 is 0. The van der Waals surface area contributed by atoms with Gasteiger partial charge in [-0.05, 0) is 29.8 Å². The van der Waals surface area contributed by atoms with Gasteiger partial charge in [0.1, 0.15) is 11.5 Å². The molecule has 3 N–H and O–H groups in total. The second-order valence-electron chi connectivity index (χ2n) is 4.28. The van der Waals surface area contributed by atoms with Crippen LogP contribution in [0.2, 0.25) is 0 Å². The van der Waals surface area contributed by atoms with Crippen molar-refractivity contribution in [2.45, 2.75) is 6.54 Å². The number of carbonyl (C=O) groups excluding carboxylic acids is 1. The number of para-hydroxylation sites is 1. The number of hydrogen-bond acceptors (Lipinski definition) is 3. The van der Waals surface area contributed by atoms with Crippen LogP contribution >= 0.6 is 0 Å². The summed E-state index contributed by atoms with van der Waals surface area (Å²) < 4.78 is 0. The van der Waals surface area contributed by atoms with E-state index in [0.717, 1.165) is 5.56 Å². The first-order valence-corrected chi connectivity index (χ1v) is 6.17. The molecule has 0 aliphatic rings. The zero-order chi connectivity index (χ0) is 14.4. The normalized spacial score (nSPS) is 10.6. The van der Waals surface area contributed by atoms with Crippen LogP contribution < -0.4 is 5.32 Å². The Kier molecular flexibility index (Phi) is 4.39. The molecule has 0 fully saturated rings. The predicted octanol–water partition coefficient (Wildman–Crippen LogP) is 2.43. The van der Waals surface area contributed by atoms with E-state index < -0.39 is 0 Å². The molecule has 4 heteroatoms. The molecule has 20 heavy (non-hydrogen) atoms. The quantitative estimate of drug-likeness (QED) is 0.747. The largest absolute Gasteiger partial charge is 0.508 e. The molecular weight excluding hydrogens is 254 g/mol. The summed E-state index contributed by atoms with van der Waals surface area (Å²) in [5.74, 6) is 0.0302.